The summed E-state index contributed by atoms with van der Waals surface area (Å²) in [6.45, 7) is 1.86. The maximum absolute atomic E-state index is 14.1. The number of nitrogens with one attached hydrogen (secondary N) is 1. The molecule has 5 rings (SSSR count). The molecule has 192 valence electrons. The molecule has 0 bridgehead atoms. The zero-order valence-electron chi connectivity index (χ0n) is 20.0. The monoisotopic (exact) mass is 533 g/mol. The van der Waals surface area contributed by atoms with E-state index < -0.39 is 27.4 Å². The summed E-state index contributed by atoms with van der Waals surface area (Å²) in [7, 11) is -4.03. The Morgan fingerprint density at radius 3 is 2.58 bits per heavy atom. The van der Waals surface area contributed by atoms with Gasteiger partial charge < -0.3 is 10.5 Å². The number of sulfonamides is 1. The molecule has 0 spiro atoms. The van der Waals surface area contributed by atoms with Crippen LogP contribution in [-0.2, 0) is 15.8 Å². The average Bonchev–Trinajstić information content (AvgIpc) is 2.87. The molecule has 0 saturated carbocycles. The highest BCUT2D eigenvalue weighted by Gasteiger charge is 2.19. The SMILES string of the molecule is Cc1ccc2c(NS(=O)(=O)Cc3ccc(F)cc3F)cccc2c1Oc1ncccc1-c1ccnc(N)n1. The van der Waals surface area contributed by atoms with Gasteiger partial charge in [0, 0.05) is 34.8 Å². The molecule has 0 aliphatic heterocycles. The zero-order chi connectivity index (χ0) is 26.9. The van der Waals surface area contributed by atoms with E-state index in [4.69, 9.17) is 10.5 Å². The van der Waals surface area contributed by atoms with E-state index >= 15 is 0 Å². The number of aryl methyl sites for hydroxylation is 1. The number of fused-ring (bicyclic) bond motifs is 1. The highest BCUT2D eigenvalue weighted by Crippen LogP contribution is 2.38. The van der Waals surface area contributed by atoms with Crippen molar-refractivity contribution in [1.29, 1.82) is 0 Å². The van der Waals surface area contributed by atoms with Crippen LogP contribution in [0, 0.1) is 18.6 Å². The van der Waals surface area contributed by atoms with Gasteiger partial charge in [-0.2, -0.15) is 0 Å². The fraction of sp³-hybridized carbons (Fsp3) is 0.0741. The molecule has 11 heteroatoms. The summed E-state index contributed by atoms with van der Waals surface area (Å²) in [6, 6.07) is 16.6. The largest absolute Gasteiger partial charge is 0.437 e. The molecule has 2 aromatic heterocycles. The van der Waals surface area contributed by atoms with Crippen LogP contribution < -0.4 is 15.2 Å². The van der Waals surface area contributed by atoms with Gasteiger partial charge in [-0.25, -0.2) is 32.2 Å². The lowest BCUT2D eigenvalue weighted by Gasteiger charge is -2.16. The minimum Gasteiger partial charge on any atom is -0.437 e. The van der Waals surface area contributed by atoms with Crippen LogP contribution in [-0.4, -0.2) is 23.4 Å². The standard InChI is InChI=1S/C27H21F2N5O3S/c1-16-7-10-19-20(25(16)37-26-21(5-3-12-31-26)23-11-13-32-27(30)33-23)4-2-6-24(19)34-38(35,36)15-17-8-9-18(28)14-22(17)29/h2-14,34H,15H2,1H3,(H2,30,32,33). The molecular formula is C27H21F2N5O3S. The molecule has 0 fully saturated rings. The van der Waals surface area contributed by atoms with E-state index in [9.17, 15) is 17.2 Å². The van der Waals surface area contributed by atoms with Gasteiger partial charge in [-0.1, -0.05) is 30.3 Å². The van der Waals surface area contributed by atoms with Crippen LogP contribution in [0.2, 0.25) is 0 Å². The summed E-state index contributed by atoms with van der Waals surface area (Å²) < 4.78 is 61.9. The van der Waals surface area contributed by atoms with Gasteiger partial charge in [-0.15, -0.1) is 0 Å². The molecule has 0 atom stereocenters. The quantitative estimate of drug-likeness (QED) is 0.280. The van der Waals surface area contributed by atoms with Gasteiger partial charge in [-0.05, 0) is 42.8 Å². The van der Waals surface area contributed by atoms with Gasteiger partial charge >= 0.3 is 0 Å². The Kier molecular flexibility index (Phi) is 6.60. The summed E-state index contributed by atoms with van der Waals surface area (Å²) in [5, 5.41) is 1.18. The first-order valence-corrected chi connectivity index (χ1v) is 13.0. The molecule has 3 N–H and O–H groups in total. The van der Waals surface area contributed by atoms with Crippen molar-refractivity contribution in [3.8, 4) is 22.9 Å². The molecule has 0 aliphatic rings. The number of nitrogen functional groups attached to an aromatic ring is 1. The van der Waals surface area contributed by atoms with Crippen LogP contribution in [0.5, 0.6) is 11.6 Å². The van der Waals surface area contributed by atoms with Crippen molar-refractivity contribution < 1.29 is 21.9 Å². The Morgan fingerprint density at radius 2 is 1.79 bits per heavy atom. The van der Waals surface area contributed by atoms with Crippen molar-refractivity contribution >= 4 is 32.4 Å². The summed E-state index contributed by atoms with van der Waals surface area (Å²) in [4.78, 5) is 12.5. The molecule has 0 aliphatic carbocycles. The van der Waals surface area contributed by atoms with Gasteiger partial charge in [0.15, 0.2) is 0 Å². The van der Waals surface area contributed by atoms with E-state index in [1.54, 1.807) is 54.7 Å². The van der Waals surface area contributed by atoms with Gasteiger partial charge in [0.2, 0.25) is 21.9 Å². The first-order chi connectivity index (χ1) is 18.2. The van der Waals surface area contributed by atoms with Crippen LogP contribution in [0.4, 0.5) is 20.4 Å². The van der Waals surface area contributed by atoms with Crippen molar-refractivity contribution in [2.75, 3.05) is 10.5 Å². The lowest BCUT2D eigenvalue weighted by Crippen LogP contribution is -2.16. The van der Waals surface area contributed by atoms with Crippen molar-refractivity contribution in [3.63, 3.8) is 0 Å². The molecular weight excluding hydrogens is 512 g/mol. The number of halogens is 2. The molecule has 0 amide bonds. The minimum absolute atomic E-state index is 0.107. The van der Waals surface area contributed by atoms with Crippen LogP contribution in [0.15, 0.2) is 79.1 Å². The van der Waals surface area contributed by atoms with E-state index in [1.165, 1.54) is 6.20 Å². The third-order valence-corrected chi connectivity index (χ3v) is 6.98. The number of hydrogen-bond donors (Lipinski definition) is 2. The number of nitrogens with zero attached hydrogens (tertiary/aromatic N) is 3. The van der Waals surface area contributed by atoms with E-state index in [2.05, 4.69) is 19.7 Å². The minimum atomic E-state index is -4.03. The molecule has 8 nitrogen and oxygen atoms in total. The predicted molar refractivity (Wildman–Crippen MR) is 141 cm³/mol. The Morgan fingerprint density at radius 1 is 0.947 bits per heavy atom. The van der Waals surface area contributed by atoms with E-state index in [1.807, 2.05) is 6.92 Å². The third kappa shape index (κ3) is 5.23. The first kappa shape index (κ1) is 25.0. The van der Waals surface area contributed by atoms with Gasteiger partial charge in [0.1, 0.15) is 17.4 Å². The number of rotatable bonds is 7. The van der Waals surface area contributed by atoms with Crippen LogP contribution >= 0.6 is 0 Å². The molecule has 0 radical (unpaired) electrons. The van der Waals surface area contributed by atoms with E-state index in [0.29, 0.717) is 33.8 Å². The smallest absolute Gasteiger partial charge is 0.237 e. The highest BCUT2D eigenvalue weighted by molar-refractivity contribution is 7.91. The number of aromatic nitrogens is 3. The van der Waals surface area contributed by atoms with E-state index in [-0.39, 0.29) is 23.1 Å². The molecule has 0 unspecified atom stereocenters. The molecule has 5 aromatic rings. The number of benzene rings is 3. The lowest BCUT2D eigenvalue weighted by molar-refractivity contribution is 0.466. The first-order valence-electron chi connectivity index (χ1n) is 11.4. The topological polar surface area (TPSA) is 120 Å². The number of ether oxygens (including phenoxy) is 1. The molecule has 0 saturated heterocycles. The predicted octanol–water partition coefficient (Wildman–Crippen LogP) is 5.59. The van der Waals surface area contributed by atoms with Gasteiger partial charge in [-0.3, -0.25) is 4.72 Å². The van der Waals surface area contributed by atoms with Crippen LogP contribution in [0.25, 0.3) is 22.0 Å². The Bertz CT molecular complexity index is 1780. The van der Waals surface area contributed by atoms with E-state index in [0.717, 1.165) is 17.7 Å². The summed E-state index contributed by atoms with van der Waals surface area (Å²) in [5.74, 6) is -1.53. The van der Waals surface area contributed by atoms with Crippen molar-refractivity contribution in [3.05, 3.63) is 102 Å². The number of anilines is 2. The highest BCUT2D eigenvalue weighted by atomic mass is 32.2. The van der Waals surface area contributed by atoms with Crippen molar-refractivity contribution in [1.82, 2.24) is 15.0 Å². The number of pyridine rings is 1. The van der Waals surface area contributed by atoms with Crippen molar-refractivity contribution in [2.45, 2.75) is 12.7 Å². The Balaban J connectivity index is 1.51. The molecule has 2 heterocycles. The average molecular weight is 534 g/mol. The van der Waals surface area contributed by atoms with Gasteiger partial charge in [0.25, 0.3) is 0 Å². The Hall–Kier alpha value is -4.64. The number of nitrogens with two attached hydrogens (primary N) is 1. The zero-order valence-corrected chi connectivity index (χ0v) is 20.8. The summed E-state index contributed by atoms with van der Waals surface area (Å²) in [5.41, 5.74) is 7.79. The summed E-state index contributed by atoms with van der Waals surface area (Å²) >= 11 is 0. The lowest BCUT2D eigenvalue weighted by atomic mass is 10.0. The molecule has 38 heavy (non-hydrogen) atoms. The van der Waals surface area contributed by atoms with Crippen LogP contribution in [0.1, 0.15) is 11.1 Å². The normalized spacial score (nSPS) is 11.4. The molecule has 3 aromatic carbocycles. The summed E-state index contributed by atoms with van der Waals surface area (Å²) in [6.07, 6.45) is 3.12. The van der Waals surface area contributed by atoms with Gasteiger partial charge in [0.05, 0.1) is 22.7 Å². The second kappa shape index (κ2) is 10.0. The maximum Gasteiger partial charge on any atom is 0.237 e. The fourth-order valence-electron chi connectivity index (χ4n) is 4.00. The number of hydrogen-bond acceptors (Lipinski definition) is 7. The van der Waals surface area contributed by atoms with Crippen molar-refractivity contribution in [2.24, 2.45) is 0 Å². The maximum atomic E-state index is 14.1. The van der Waals surface area contributed by atoms with Crippen LogP contribution in [0.3, 0.4) is 0 Å². The third-order valence-electron chi connectivity index (χ3n) is 5.76. The second-order valence-corrected chi connectivity index (χ2v) is 10.2. The Labute approximate surface area is 217 Å². The second-order valence-electron chi connectivity index (χ2n) is 8.47. The fourth-order valence-corrected chi connectivity index (χ4v) is 5.23.